The lowest BCUT2D eigenvalue weighted by Gasteiger charge is -1.82. The average molecular weight is 132 g/mol. The second kappa shape index (κ2) is 15.8. The first kappa shape index (κ1) is 25.0. The van der Waals surface area contributed by atoms with Gasteiger partial charge in [-0.3, -0.25) is 5.26 Å². The van der Waals surface area contributed by atoms with E-state index in [2.05, 4.69) is 4.81 Å². The highest BCUT2D eigenvalue weighted by molar-refractivity contribution is 6.32. The Morgan fingerprint density at radius 1 is 1.00 bits per heavy atom. The third kappa shape index (κ3) is 41.6. The average Bonchev–Trinajstić information content (AvgIpc) is 1.38. The largest absolute Gasteiger partial charge is 0.662 e. The Labute approximate surface area is 45.2 Å². The molecule has 7 nitrogen and oxygen atoms in total. The van der Waals surface area contributed by atoms with Crippen molar-refractivity contribution in [3.05, 3.63) is 0 Å². The van der Waals surface area contributed by atoms with Gasteiger partial charge >= 0.3 is 7.32 Å². The van der Waals surface area contributed by atoms with E-state index in [-0.39, 0.29) is 16.4 Å². The second-order valence-corrected chi connectivity index (χ2v) is 0.432. The molecule has 0 amide bonds. The molecule has 54 valence electrons. The summed E-state index contributed by atoms with van der Waals surface area (Å²) in [5, 5.41) is 22.0. The van der Waals surface area contributed by atoms with Crippen molar-refractivity contribution in [2.24, 2.45) is 0 Å². The minimum atomic E-state index is -2.06. The Morgan fingerprint density at radius 2 is 1.12 bits per heavy atom. The maximum atomic E-state index is 7.44. The highest BCUT2D eigenvalue weighted by Gasteiger charge is 2.03. The molecule has 0 aliphatic carbocycles. The Morgan fingerprint density at radius 3 is 1.12 bits per heavy atom. The van der Waals surface area contributed by atoms with E-state index < -0.39 is 7.32 Å². The van der Waals surface area contributed by atoms with Crippen LogP contribution in [0.3, 0.4) is 0 Å². The van der Waals surface area contributed by atoms with Gasteiger partial charge in [0.2, 0.25) is 0 Å². The van der Waals surface area contributed by atoms with E-state index in [1.54, 1.807) is 0 Å². The number of hydrogen-bond acceptors (Lipinski definition) is 4. The zero-order chi connectivity index (χ0) is 4.28. The third-order valence-electron chi connectivity index (χ3n) is 0.0943. The topological polar surface area (TPSA) is 164 Å². The summed E-state index contributed by atoms with van der Waals surface area (Å²) in [7, 11) is -2.06. The zero-order valence-corrected chi connectivity index (χ0v) is 3.83. The summed E-state index contributed by atoms with van der Waals surface area (Å²) in [6, 6.07) is 0. The van der Waals surface area contributed by atoms with Crippen molar-refractivity contribution in [2.75, 3.05) is 0 Å². The fourth-order valence-corrected chi connectivity index (χ4v) is 0. The van der Waals surface area contributed by atoms with Crippen molar-refractivity contribution in [1.82, 2.24) is 0 Å². The molecule has 0 radical (unpaired) electrons. The van der Waals surface area contributed by atoms with Gasteiger partial charge in [-0.25, -0.2) is 4.81 Å². The number of rotatable bonds is 1. The highest BCUT2D eigenvalue weighted by atomic mass is 17.1. The molecule has 9 N–H and O–H groups in total. The summed E-state index contributed by atoms with van der Waals surface area (Å²) in [4.78, 5) is 2.86. The molecule has 0 saturated carbocycles. The summed E-state index contributed by atoms with van der Waals surface area (Å²) in [5.74, 6) is 0. The van der Waals surface area contributed by atoms with E-state index in [1.165, 1.54) is 0 Å². The van der Waals surface area contributed by atoms with Crippen LogP contribution in [0.2, 0.25) is 0 Å². The second-order valence-electron chi connectivity index (χ2n) is 0.432. The van der Waals surface area contributed by atoms with E-state index in [4.69, 9.17) is 15.3 Å². The monoisotopic (exact) mass is 132 g/mol. The van der Waals surface area contributed by atoms with Gasteiger partial charge in [0.05, 0.1) is 0 Å². The first-order valence-electron chi connectivity index (χ1n) is 0.935. The molecule has 0 atom stereocenters. The van der Waals surface area contributed by atoms with Crippen LogP contribution in [0.5, 0.6) is 0 Å². The highest BCUT2D eigenvalue weighted by Crippen LogP contribution is 1.58. The first-order chi connectivity index (χ1) is 2.27. The summed E-state index contributed by atoms with van der Waals surface area (Å²) in [6.45, 7) is 0. The van der Waals surface area contributed by atoms with Crippen molar-refractivity contribution >= 4 is 7.32 Å². The van der Waals surface area contributed by atoms with Crippen molar-refractivity contribution in [3.63, 3.8) is 0 Å². The molecule has 0 fully saturated rings. The zero-order valence-electron chi connectivity index (χ0n) is 3.83. The van der Waals surface area contributed by atoms with Crippen LogP contribution in [0.25, 0.3) is 0 Å². The number of hydrogen-bond donors (Lipinski definition) is 3. The van der Waals surface area contributed by atoms with Crippen LogP contribution in [-0.2, 0) is 4.81 Å². The molecule has 0 rings (SSSR count). The molecule has 0 aromatic rings. The predicted molar refractivity (Wildman–Crippen MR) is 24.7 cm³/mol. The van der Waals surface area contributed by atoms with E-state index in [0.29, 0.717) is 0 Å². The summed E-state index contributed by atoms with van der Waals surface area (Å²) >= 11 is 0. The SMILES string of the molecule is O.O.O.OOB(O)O. The lowest BCUT2D eigenvalue weighted by atomic mass is 10.3. The standard InChI is InChI=1S/BH3O4.3H2O/c2-1(3)5-4;;;/h2-4H;3*1H2. The van der Waals surface area contributed by atoms with Crippen LogP contribution < -0.4 is 0 Å². The van der Waals surface area contributed by atoms with Gasteiger partial charge in [0, 0.05) is 0 Å². The molecular weight excluding hydrogens is 123 g/mol. The Hall–Kier alpha value is -0.215. The summed E-state index contributed by atoms with van der Waals surface area (Å²) < 4.78 is 0. The molecule has 0 aliphatic rings. The van der Waals surface area contributed by atoms with E-state index in [1.807, 2.05) is 0 Å². The molecular formula is H9BO7. The molecule has 0 saturated heterocycles. The van der Waals surface area contributed by atoms with E-state index in [9.17, 15) is 0 Å². The molecule has 8 heavy (non-hydrogen) atoms. The van der Waals surface area contributed by atoms with Crippen LogP contribution in [-0.4, -0.2) is 39.1 Å². The minimum Gasteiger partial charge on any atom is -0.412 e. The van der Waals surface area contributed by atoms with Crippen molar-refractivity contribution in [3.8, 4) is 0 Å². The molecule has 0 unspecified atom stereocenters. The smallest absolute Gasteiger partial charge is 0.412 e. The molecule has 0 bridgehead atoms. The van der Waals surface area contributed by atoms with Crippen molar-refractivity contribution in [2.45, 2.75) is 0 Å². The fourth-order valence-electron chi connectivity index (χ4n) is 0. The predicted octanol–water partition coefficient (Wildman–Crippen LogP) is -4.03. The van der Waals surface area contributed by atoms with Gasteiger partial charge in [0.25, 0.3) is 0 Å². The van der Waals surface area contributed by atoms with Crippen LogP contribution in [0.4, 0.5) is 0 Å². The molecule has 0 aromatic heterocycles. The lowest BCUT2D eigenvalue weighted by Crippen LogP contribution is -2.13. The molecule has 0 aromatic carbocycles. The Bertz CT molecular complexity index is 18.3. The van der Waals surface area contributed by atoms with Crippen LogP contribution in [0.15, 0.2) is 0 Å². The van der Waals surface area contributed by atoms with Crippen molar-refractivity contribution in [1.29, 1.82) is 0 Å². The lowest BCUT2D eigenvalue weighted by molar-refractivity contribution is -0.173. The summed E-state index contributed by atoms with van der Waals surface area (Å²) in [6.07, 6.45) is 0. The van der Waals surface area contributed by atoms with Gasteiger partial charge in [-0.05, 0) is 0 Å². The van der Waals surface area contributed by atoms with Crippen molar-refractivity contribution < 1.29 is 36.5 Å². The molecule has 0 aliphatic heterocycles. The van der Waals surface area contributed by atoms with Gasteiger partial charge in [-0.1, -0.05) is 0 Å². The molecule has 0 heterocycles. The maximum absolute atomic E-state index is 7.44. The fraction of sp³-hybridized carbons (Fsp3) is 0. The Balaban J connectivity index is -0.0000000267. The molecule has 0 spiro atoms. The third-order valence-corrected chi connectivity index (χ3v) is 0.0943. The minimum absolute atomic E-state index is 0. The first-order valence-corrected chi connectivity index (χ1v) is 0.935. The van der Waals surface area contributed by atoms with E-state index in [0.717, 1.165) is 0 Å². The maximum Gasteiger partial charge on any atom is 0.662 e. The normalized spacial score (nSPS) is 4.88. The van der Waals surface area contributed by atoms with Gasteiger partial charge in [0.15, 0.2) is 0 Å². The van der Waals surface area contributed by atoms with Gasteiger partial charge < -0.3 is 26.5 Å². The van der Waals surface area contributed by atoms with Gasteiger partial charge in [0.1, 0.15) is 0 Å². The Kier molecular flexibility index (Phi) is 49.6. The van der Waals surface area contributed by atoms with Crippen LogP contribution in [0.1, 0.15) is 0 Å². The van der Waals surface area contributed by atoms with Crippen LogP contribution >= 0.6 is 0 Å². The van der Waals surface area contributed by atoms with E-state index >= 15 is 0 Å². The van der Waals surface area contributed by atoms with Gasteiger partial charge in [-0.15, -0.1) is 0 Å². The quantitative estimate of drug-likeness (QED) is 0.188. The van der Waals surface area contributed by atoms with Gasteiger partial charge in [-0.2, -0.15) is 0 Å². The molecule has 8 heteroatoms. The van der Waals surface area contributed by atoms with Crippen LogP contribution in [0, 0.1) is 0 Å². The summed E-state index contributed by atoms with van der Waals surface area (Å²) in [5.41, 5.74) is 0.